The molecule has 0 heterocycles. The van der Waals surface area contributed by atoms with Crippen molar-refractivity contribution in [3.63, 3.8) is 0 Å². The smallest absolute Gasteiger partial charge is 0.168 e. The molecule has 1 aromatic rings. The van der Waals surface area contributed by atoms with E-state index in [0.29, 0.717) is 12.3 Å². The van der Waals surface area contributed by atoms with Crippen LogP contribution in [0.15, 0.2) is 24.3 Å². The monoisotopic (exact) mass is 264 g/mol. The van der Waals surface area contributed by atoms with Crippen LogP contribution in [-0.4, -0.2) is 18.5 Å². The summed E-state index contributed by atoms with van der Waals surface area (Å²) in [4.78, 5) is 12.5. The summed E-state index contributed by atoms with van der Waals surface area (Å²) in [6.07, 6.45) is 4.11. The number of carbonyl (C=O) groups excluding carboxylic acids is 1. The molecule has 0 N–H and O–H groups in total. The highest BCUT2D eigenvalue weighted by Crippen LogP contribution is 2.36. The molecule has 0 aromatic heterocycles. The van der Waals surface area contributed by atoms with Crippen LogP contribution in [0.25, 0.3) is 0 Å². The molecule has 0 radical (unpaired) electrons. The number of methoxy groups -OCH3 is 1. The molecule has 2 rings (SSSR count). The van der Waals surface area contributed by atoms with E-state index in [0.717, 1.165) is 31.2 Å². The van der Waals surface area contributed by atoms with Gasteiger partial charge in [-0.2, -0.15) is 0 Å². The molecule has 2 atom stereocenters. The number of halogens is 1. The topological polar surface area (TPSA) is 26.3 Å². The Hall–Kier alpha value is -1.22. The number of Topliss-reactive ketones (excluding diaryl/α,β-unsaturated/α-hetero) is 1. The third-order valence-corrected chi connectivity index (χ3v) is 4.13. The van der Waals surface area contributed by atoms with Gasteiger partial charge in [-0.05, 0) is 42.9 Å². The summed E-state index contributed by atoms with van der Waals surface area (Å²) in [7, 11) is 1.63. The highest BCUT2D eigenvalue weighted by atomic mass is 19.1. The quantitative estimate of drug-likeness (QED) is 0.831. The summed E-state index contributed by atoms with van der Waals surface area (Å²) in [5.41, 5.74) is 0.215. The normalized spacial score (nSPS) is 27.2. The molecule has 19 heavy (non-hydrogen) atoms. The van der Waals surface area contributed by atoms with Gasteiger partial charge in [-0.15, -0.1) is 0 Å². The number of rotatable bonds is 4. The van der Waals surface area contributed by atoms with Crippen molar-refractivity contribution in [1.29, 1.82) is 0 Å². The standard InChI is InChI=1S/C16H21FO2/c1-12-4-3-9-16(11-12,19-2)15(18)10-13-5-7-14(17)8-6-13/h5-8,12H,3-4,9-11H2,1-2H3. The minimum absolute atomic E-state index is 0.119. The van der Waals surface area contributed by atoms with Crippen LogP contribution in [0.5, 0.6) is 0 Å². The Kier molecular flexibility index (Phi) is 4.35. The molecule has 0 aliphatic heterocycles. The molecule has 1 saturated carbocycles. The molecular weight excluding hydrogens is 243 g/mol. The van der Waals surface area contributed by atoms with Gasteiger partial charge in [0.15, 0.2) is 5.78 Å². The number of hydrogen-bond donors (Lipinski definition) is 0. The molecule has 0 saturated heterocycles. The predicted octanol–water partition coefficient (Wildman–Crippen LogP) is 3.53. The van der Waals surface area contributed by atoms with Crippen LogP contribution in [-0.2, 0) is 16.0 Å². The maximum absolute atomic E-state index is 12.9. The molecule has 3 heteroatoms. The molecule has 1 fully saturated rings. The first-order valence-electron chi connectivity index (χ1n) is 6.88. The Balaban J connectivity index is 2.10. The zero-order valence-electron chi connectivity index (χ0n) is 11.6. The first kappa shape index (κ1) is 14.2. The van der Waals surface area contributed by atoms with Gasteiger partial charge in [-0.1, -0.05) is 25.5 Å². The lowest BCUT2D eigenvalue weighted by Gasteiger charge is -2.37. The van der Waals surface area contributed by atoms with Crippen molar-refractivity contribution >= 4 is 5.78 Å². The summed E-state index contributed by atoms with van der Waals surface area (Å²) in [5, 5.41) is 0. The fourth-order valence-corrected chi connectivity index (χ4v) is 3.00. The van der Waals surface area contributed by atoms with Crippen molar-refractivity contribution in [2.75, 3.05) is 7.11 Å². The fourth-order valence-electron chi connectivity index (χ4n) is 3.00. The van der Waals surface area contributed by atoms with Crippen molar-refractivity contribution in [3.05, 3.63) is 35.6 Å². The lowest BCUT2D eigenvalue weighted by molar-refractivity contribution is -0.146. The van der Waals surface area contributed by atoms with Gasteiger partial charge in [0.2, 0.25) is 0 Å². The molecule has 1 aliphatic rings. The average molecular weight is 264 g/mol. The van der Waals surface area contributed by atoms with E-state index in [4.69, 9.17) is 4.74 Å². The minimum atomic E-state index is -0.633. The lowest BCUT2D eigenvalue weighted by atomic mass is 9.75. The predicted molar refractivity (Wildman–Crippen MR) is 72.5 cm³/mol. The Bertz CT molecular complexity index is 441. The Morgan fingerprint density at radius 2 is 2.11 bits per heavy atom. The fraction of sp³-hybridized carbons (Fsp3) is 0.562. The van der Waals surface area contributed by atoms with E-state index in [9.17, 15) is 9.18 Å². The van der Waals surface area contributed by atoms with Crippen LogP contribution in [0.2, 0.25) is 0 Å². The van der Waals surface area contributed by atoms with Crippen LogP contribution in [0.1, 0.15) is 38.2 Å². The van der Waals surface area contributed by atoms with Gasteiger partial charge in [-0.3, -0.25) is 4.79 Å². The molecule has 0 spiro atoms. The molecule has 104 valence electrons. The second-order valence-electron chi connectivity index (χ2n) is 5.63. The highest BCUT2D eigenvalue weighted by molar-refractivity contribution is 5.89. The zero-order chi connectivity index (χ0) is 13.9. The molecule has 1 aliphatic carbocycles. The van der Waals surface area contributed by atoms with Gasteiger partial charge in [-0.25, -0.2) is 4.39 Å². The van der Waals surface area contributed by atoms with Crippen LogP contribution >= 0.6 is 0 Å². The van der Waals surface area contributed by atoms with Gasteiger partial charge in [0, 0.05) is 13.5 Å². The minimum Gasteiger partial charge on any atom is -0.370 e. The summed E-state index contributed by atoms with van der Waals surface area (Å²) < 4.78 is 18.4. The molecule has 2 unspecified atom stereocenters. The lowest BCUT2D eigenvalue weighted by Crippen LogP contribution is -2.45. The van der Waals surface area contributed by atoms with Crippen molar-refractivity contribution in [1.82, 2.24) is 0 Å². The van der Waals surface area contributed by atoms with E-state index >= 15 is 0 Å². The van der Waals surface area contributed by atoms with Crippen molar-refractivity contribution in [3.8, 4) is 0 Å². The van der Waals surface area contributed by atoms with Gasteiger partial charge >= 0.3 is 0 Å². The second kappa shape index (κ2) is 5.83. The summed E-state index contributed by atoms with van der Waals surface area (Å²) in [6.45, 7) is 2.16. The maximum atomic E-state index is 12.9. The molecule has 0 amide bonds. The van der Waals surface area contributed by atoms with Crippen LogP contribution in [0.4, 0.5) is 4.39 Å². The largest absolute Gasteiger partial charge is 0.370 e. The van der Waals surface area contributed by atoms with E-state index < -0.39 is 5.60 Å². The van der Waals surface area contributed by atoms with E-state index in [1.807, 2.05) is 0 Å². The zero-order valence-corrected chi connectivity index (χ0v) is 11.6. The van der Waals surface area contributed by atoms with Crippen molar-refractivity contribution in [2.24, 2.45) is 5.92 Å². The number of ketones is 1. The number of benzene rings is 1. The van der Waals surface area contributed by atoms with E-state index in [-0.39, 0.29) is 11.6 Å². The van der Waals surface area contributed by atoms with Crippen LogP contribution in [0.3, 0.4) is 0 Å². The average Bonchev–Trinajstić information content (AvgIpc) is 2.41. The third-order valence-electron chi connectivity index (χ3n) is 4.13. The second-order valence-corrected chi connectivity index (χ2v) is 5.63. The summed E-state index contributed by atoms with van der Waals surface area (Å²) >= 11 is 0. The van der Waals surface area contributed by atoms with Gasteiger partial charge < -0.3 is 4.74 Å². The van der Waals surface area contributed by atoms with Crippen molar-refractivity contribution < 1.29 is 13.9 Å². The summed E-state index contributed by atoms with van der Waals surface area (Å²) in [6, 6.07) is 6.13. The van der Waals surface area contributed by atoms with Gasteiger partial charge in [0.05, 0.1) is 0 Å². The van der Waals surface area contributed by atoms with Crippen LogP contribution in [0, 0.1) is 11.7 Å². The first-order valence-corrected chi connectivity index (χ1v) is 6.88. The Morgan fingerprint density at radius 1 is 1.42 bits per heavy atom. The molecule has 2 nitrogen and oxygen atoms in total. The van der Waals surface area contributed by atoms with E-state index in [2.05, 4.69) is 6.92 Å². The number of hydrogen-bond acceptors (Lipinski definition) is 2. The third kappa shape index (κ3) is 3.21. The summed E-state index contributed by atoms with van der Waals surface area (Å²) in [5.74, 6) is 0.364. The molecule has 0 bridgehead atoms. The Morgan fingerprint density at radius 3 is 2.68 bits per heavy atom. The Labute approximate surface area is 114 Å². The molecular formula is C16H21FO2. The SMILES string of the molecule is COC1(C(=O)Cc2ccc(F)cc2)CCCC(C)C1. The van der Waals surface area contributed by atoms with Crippen LogP contribution < -0.4 is 0 Å². The van der Waals surface area contributed by atoms with Gasteiger partial charge in [0.25, 0.3) is 0 Å². The highest BCUT2D eigenvalue weighted by Gasteiger charge is 2.41. The van der Waals surface area contributed by atoms with Gasteiger partial charge in [0.1, 0.15) is 11.4 Å². The maximum Gasteiger partial charge on any atom is 0.168 e. The number of carbonyl (C=O) groups is 1. The first-order chi connectivity index (χ1) is 9.05. The number of ether oxygens (including phenoxy) is 1. The van der Waals surface area contributed by atoms with E-state index in [1.54, 1.807) is 19.2 Å². The molecule has 1 aromatic carbocycles. The van der Waals surface area contributed by atoms with E-state index in [1.165, 1.54) is 12.1 Å². The van der Waals surface area contributed by atoms with Crippen molar-refractivity contribution in [2.45, 2.75) is 44.6 Å².